The lowest BCUT2D eigenvalue weighted by Crippen LogP contribution is -2.46. The molecule has 0 saturated heterocycles. The van der Waals surface area contributed by atoms with E-state index in [-0.39, 0.29) is 23.0 Å². The number of aliphatic hydroxyl groups is 2. The van der Waals surface area contributed by atoms with Gasteiger partial charge in [-0.15, -0.1) is 11.3 Å². The zero-order valence-electron chi connectivity index (χ0n) is 25.1. The Bertz CT molecular complexity index is 1420. The van der Waals surface area contributed by atoms with Crippen molar-refractivity contribution in [3.8, 4) is 0 Å². The Labute approximate surface area is 259 Å². The van der Waals surface area contributed by atoms with E-state index >= 15 is 0 Å². The zero-order chi connectivity index (χ0) is 29.3. The number of thioether (sulfide) groups is 1. The summed E-state index contributed by atoms with van der Waals surface area (Å²) in [6, 6.07) is 14.7. The third-order valence-corrected chi connectivity index (χ3v) is 13.0. The summed E-state index contributed by atoms with van der Waals surface area (Å²) in [6.07, 6.45) is 12.8. The topological polar surface area (TPSA) is 70.4 Å². The number of rotatable bonds is 5. The van der Waals surface area contributed by atoms with Crippen molar-refractivity contribution < 1.29 is 15.0 Å². The third-order valence-electron chi connectivity index (χ3n) is 10.6. The highest BCUT2D eigenvalue weighted by molar-refractivity contribution is 8.01. The van der Waals surface area contributed by atoms with Crippen LogP contribution in [0.2, 0.25) is 0 Å². The van der Waals surface area contributed by atoms with Gasteiger partial charge in [0.2, 0.25) is 0 Å². The van der Waals surface area contributed by atoms with Gasteiger partial charge in [-0.3, -0.25) is 4.79 Å². The van der Waals surface area contributed by atoms with Crippen LogP contribution >= 0.6 is 23.1 Å². The van der Waals surface area contributed by atoms with Gasteiger partial charge in [-0.25, -0.2) is 4.98 Å². The summed E-state index contributed by atoms with van der Waals surface area (Å²) in [5.41, 5.74) is 4.07. The van der Waals surface area contributed by atoms with Gasteiger partial charge in [-0.2, -0.15) is 0 Å². The van der Waals surface area contributed by atoms with Gasteiger partial charge in [0.25, 0.3) is 0 Å². The van der Waals surface area contributed by atoms with Crippen LogP contribution in [0.3, 0.4) is 0 Å². The van der Waals surface area contributed by atoms with Crippen molar-refractivity contribution in [1.29, 1.82) is 0 Å². The predicted octanol–water partition coefficient (Wildman–Crippen LogP) is 8.89. The molecule has 4 aliphatic carbocycles. The van der Waals surface area contributed by atoms with E-state index in [0.717, 1.165) is 84.3 Å². The summed E-state index contributed by atoms with van der Waals surface area (Å²) in [6.45, 7) is 4.45. The molecule has 7 rings (SSSR count). The maximum atomic E-state index is 14.2. The van der Waals surface area contributed by atoms with Gasteiger partial charge in [0.05, 0.1) is 21.9 Å². The first-order valence-electron chi connectivity index (χ1n) is 16.0. The standard InChI is InChI=1S/C36H45NO3S2/c1-24-9-8-19-35(2)30(18-20-36(35,40)23-41-34-37-31-12-6-7-13-32(31)42-34)28-17-15-25(21-27(38)16-14-24)22-29(28)33(39)26-10-4-3-5-11-26/h6-7,9,12-13,15,17,22,26-27,30,38,40H,3-5,8,10-11,14,16,18-21,23H2,1-2H3/t27-,30-,35-,36+/m0/s1. The minimum Gasteiger partial charge on any atom is -0.393 e. The van der Waals surface area contributed by atoms with Gasteiger partial charge in [-0.1, -0.05) is 73.9 Å². The van der Waals surface area contributed by atoms with Crippen LogP contribution in [0.25, 0.3) is 10.2 Å². The van der Waals surface area contributed by atoms with Crippen LogP contribution in [0.15, 0.2) is 58.5 Å². The number of carbonyl (C=O) groups excluding carboxylic acids is 1. The van der Waals surface area contributed by atoms with E-state index in [4.69, 9.17) is 4.98 Å². The van der Waals surface area contributed by atoms with Crippen LogP contribution in [0.1, 0.15) is 112 Å². The lowest BCUT2D eigenvalue weighted by Gasteiger charge is -2.44. The average molecular weight is 604 g/mol. The molecule has 1 aromatic heterocycles. The van der Waals surface area contributed by atoms with E-state index in [2.05, 4.69) is 50.3 Å². The number of nitrogens with zero attached hydrogens (tertiary/aromatic N) is 1. The van der Waals surface area contributed by atoms with E-state index in [0.29, 0.717) is 18.6 Å². The Morgan fingerprint density at radius 1 is 1.07 bits per heavy atom. The minimum atomic E-state index is -0.876. The molecule has 0 amide bonds. The second-order valence-electron chi connectivity index (χ2n) is 13.4. The molecule has 0 unspecified atom stereocenters. The summed E-state index contributed by atoms with van der Waals surface area (Å²) in [7, 11) is 0. The number of Topliss-reactive ketones (excluding diaryl/α,β-unsaturated/α-hetero) is 1. The van der Waals surface area contributed by atoms with Crippen molar-refractivity contribution in [3.05, 3.63) is 70.8 Å². The number of aliphatic hydroxyl groups excluding tert-OH is 1. The molecule has 4 atom stereocenters. The second kappa shape index (κ2) is 12.6. The molecule has 4 aliphatic rings. The number of allylic oxidation sites excluding steroid dienone is 2. The van der Waals surface area contributed by atoms with E-state index < -0.39 is 11.7 Å². The Balaban J connectivity index is 1.37. The van der Waals surface area contributed by atoms with Gasteiger partial charge in [0.15, 0.2) is 10.1 Å². The molecule has 6 heteroatoms. The van der Waals surface area contributed by atoms with Gasteiger partial charge in [0, 0.05) is 22.6 Å². The second-order valence-corrected chi connectivity index (χ2v) is 15.6. The summed E-state index contributed by atoms with van der Waals surface area (Å²) in [5, 5.41) is 23.4. The average Bonchev–Trinajstić information content (AvgIpc) is 3.53. The summed E-state index contributed by atoms with van der Waals surface area (Å²) >= 11 is 3.38. The number of ketones is 1. The number of benzene rings is 2. The minimum absolute atomic E-state index is 0.0864. The molecule has 2 N–H and O–H groups in total. The number of para-hydroxylation sites is 1. The summed E-state index contributed by atoms with van der Waals surface area (Å²) in [5.74, 6) is 1.06. The van der Waals surface area contributed by atoms with Crippen LogP contribution in [0.4, 0.5) is 0 Å². The largest absolute Gasteiger partial charge is 0.393 e. The van der Waals surface area contributed by atoms with Crippen molar-refractivity contribution in [3.63, 3.8) is 0 Å². The van der Waals surface area contributed by atoms with Crippen LogP contribution < -0.4 is 0 Å². The molecular weight excluding hydrogens is 559 g/mol. The Kier molecular flexibility index (Phi) is 8.98. The molecular formula is C36H45NO3S2. The number of aromatic nitrogens is 1. The molecule has 0 radical (unpaired) electrons. The first-order chi connectivity index (χ1) is 20.3. The van der Waals surface area contributed by atoms with Crippen LogP contribution in [-0.2, 0) is 6.42 Å². The molecule has 3 aromatic rings. The molecule has 2 bridgehead atoms. The molecule has 42 heavy (non-hydrogen) atoms. The van der Waals surface area contributed by atoms with Gasteiger partial charge in [0.1, 0.15) is 0 Å². The maximum Gasteiger partial charge on any atom is 0.166 e. The number of thiazole rings is 1. The highest BCUT2D eigenvalue weighted by Crippen LogP contribution is 2.60. The van der Waals surface area contributed by atoms with Crippen molar-refractivity contribution >= 4 is 39.1 Å². The number of fused-ring (bicyclic) bond motifs is 9. The molecule has 2 fully saturated rings. The van der Waals surface area contributed by atoms with Gasteiger partial charge in [-0.05, 0) is 100.0 Å². The third kappa shape index (κ3) is 6.02. The van der Waals surface area contributed by atoms with Crippen LogP contribution in [0.5, 0.6) is 0 Å². The Morgan fingerprint density at radius 3 is 2.69 bits per heavy atom. The molecule has 1 heterocycles. The highest BCUT2D eigenvalue weighted by atomic mass is 32.2. The van der Waals surface area contributed by atoms with Crippen molar-refractivity contribution in [1.82, 2.24) is 4.98 Å². The fourth-order valence-corrected chi connectivity index (χ4v) is 10.2. The quantitative estimate of drug-likeness (QED) is 0.173. The fraction of sp³-hybridized carbons (Fsp3) is 0.556. The molecule has 0 aliphatic heterocycles. The molecule has 4 nitrogen and oxygen atoms in total. The summed E-state index contributed by atoms with van der Waals surface area (Å²) < 4.78 is 2.18. The number of hydrogen-bond acceptors (Lipinski definition) is 6. The number of hydrogen-bond donors (Lipinski definition) is 2. The fourth-order valence-electron chi connectivity index (χ4n) is 7.87. The first-order valence-corrected chi connectivity index (χ1v) is 17.8. The van der Waals surface area contributed by atoms with Crippen molar-refractivity contribution in [2.24, 2.45) is 11.3 Å². The van der Waals surface area contributed by atoms with Crippen molar-refractivity contribution in [2.45, 2.75) is 113 Å². The molecule has 0 spiro atoms. The van der Waals surface area contributed by atoms with Crippen LogP contribution in [-0.4, -0.2) is 38.4 Å². The molecule has 2 aromatic carbocycles. The molecule has 224 valence electrons. The van der Waals surface area contributed by atoms with Crippen molar-refractivity contribution in [2.75, 3.05) is 5.75 Å². The first kappa shape index (κ1) is 30.1. The predicted molar refractivity (Wildman–Crippen MR) is 175 cm³/mol. The smallest absolute Gasteiger partial charge is 0.166 e. The van der Waals surface area contributed by atoms with E-state index in [1.165, 1.54) is 16.7 Å². The van der Waals surface area contributed by atoms with E-state index in [1.54, 1.807) is 23.1 Å². The van der Waals surface area contributed by atoms with Crippen LogP contribution in [0, 0.1) is 11.3 Å². The SMILES string of the molecule is CC1=CCC[C@@]2(C)[C@@H](CC[C@@]2(O)CSc2nc3ccccc3s2)c2ccc(cc2C(=O)C2CCCCC2)C[C@@H](O)CC1. The van der Waals surface area contributed by atoms with E-state index in [9.17, 15) is 15.0 Å². The maximum absolute atomic E-state index is 14.2. The highest BCUT2D eigenvalue weighted by Gasteiger charge is 2.56. The Morgan fingerprint density at radius 2 is 1.88 bits per heavy atom. The number of carbonyl (C=O) groups is 1. The van der Waals surface area contributed by atoms with E-state index in [1.807, 2.05) is 12.1 Å². The summed E-state index contributed by atoms with van der Waals surface area (Å²) in [4.78, 5) is 19.0. The van der Waals surface area contributed by atoms with Gasteiger partial charge >= 0.3 is 0 Å². The normalized spacial score (nSPS) is 29.3. The Hall–Kier alpha value is -1.99. The molecule has 2 saturated carbocycles. The van der Waals surface area contributed by atoms with Gasteiger partial charge < -0.3 is 10.2 Å². The monoisotopic (exact) mass is 603 g/mol. The zero-order valence-corrected chi connectivity index (χ0v) is 26.7. The lowest BCUT2D eigenvalue weighted by molar-refractivity contribution is -0.0422. The lowest BCUT2D eigenvalue weighted by atomic mass is 9.65.